The van der Waals surface area contributed by atoms with Crippen molar-refractivity contribution in [3.8, 4) is 0 Å². The molecule has 0 bridgehead atoms. The van der Waals surface area contributed by atoms with Crippen LogP contribution in [0.15, 0.2) is 6.07 Å². The number of nitrogens with zero attached hydrogens (tertiary/aromatic N) is 2. The number of rotatable bonds is 3. The standard InChI is InChI=1S/C12H21N3/c1-10-9-11(2)15(14-10)8-6-12-5-3-4-7-13-12/h9,12-13H,3-8H2,1-2H3/t12-/m0/s1. The van der Waals surface area contributed by atoms with Gasteiger partial charge < -0.3 is 5.32 Å². The van der Waals surface area contributed by atoms with Gasteiger partial charge in [-0.3, -0.25) is 4.68 Å². The van der Waals surface area contributed by atoms with Crippen LogP contribution in [0.5, 0.6) is 0 Å². The molecule has 1 saturated heterocycles. The molecule has 1 aromatic rings. The first-order chi connectivity index (χ1) is 7.25. The van der Waals surface area contributed by atoms with E-state index in [0.717, 1.165) is 12.2 Å². The first-order valence-corrected chi connectivity index (χ1v) is 6.00. The van der Waals surface area contributed by atoms with Gasteiger partial charge in [0.25, 0.3) is 0 Å². The van der Waals surface area contributed by atoms with Crippen LogP contribution in [0.3, 0.4) is 0 Å². The summed E-state index contributed by atoms with van der Waals surface area (Å²) >= 11 is 0. The Balaban J connectivity index is 1.84. The largest absolute Gasteiger partial charge is 0.314 e. The van der Waals surface area contributed by atoms with Crippen molar-refractivity contribution in [3.05, 3.63) is 17.5 Å². The lowest BCUT2D eigenvalue weighted by Gasteiger charge is -2.23. The van der Waals surface area contributed by atoms with Crippen molar-refractivity contribution in [1.82, 2.24) is 15.1 Å². The summed E-state index contributed by atoms with van der Waals surface area (Å²) in [7, 11) is 0. The van der Waals surface area contributed by atoms with E-state index in [1.807, 2.05) is 0 Å². The molecule has 1 aromatic heterocycles. The zero-order chi connectivity index (χ0) is 10.7. The van der Waals surface area contributed by atoms with Crippen molar-refractivity contribution in [3.63, 3.8) is 0 Å². The van der Waals surface area contributed by atoms with Gasteiger partial charge in [0.2, 0.25) is 0 Å². The number of aromatic nitrogens is 2. The Morgan fingerprint density at radius 1 is 1.47 bits per heavy atom. The second-order valence-corrected chi connectivity index (χ2v) is 4.59. The van der Waals surface area contributed by atoms with Gasteiger partial charge in [-0.2, -0.15) is 5.10 Å². The number of hydrogen-bond acceptors (Lipinski definition) is 2. The highest BCUT2D eigenvalue weighted by atomic mass is 15.3. The van der Waals surface area contributed by atoms with Gasteiger partial charge >= 0.3 is 0 Å². The predicted molar refractivity (Wildman–Crippen MR) is 62.0 cm³/mol. The summed E-state index contributed by atoms with van der Waals surface area (Å²) in [6.07, 6.45) is 5.27. The van der Waals surface area contributed by atoms with E-state index in [0.29, 0.717) is 6.04 Å². The zero-order valence-electron chi connectivity index (χ0n) is 9.79. The summed E-state index contributed by atoms with van der Waals surface area (Å²) in [4.78, 5) is 0. The van der Waals surface area contributed by atoms with Crippen LogP contribution in [-0.4, -0.2) is 22.4 Å². The summed E-state index contributed by atoms with van der Waals surface area (Å²) in [5.74, 6) is 0. The Morgan fingerprint density at radius 3 is 2.93 bits per heavy atom. The topological polar surface area (TPSA) is 29.9 Å². The highest BCUT2D eigenvalue weighted by molar-refractivity contribution is 5.06. The summed E-state index contributed by atoms with van der Waals surface area (Å²) in [6, 6.07) is 2.86. The molecule has 3 nitrogen and oxygen atoms in total. The molecule has 1 fully saturated rings. The van der Waals surface area contributed by atoms with E-state index in [2.05, 4.69) is 35.0 Å². The Hall–Kier alpha value is -0.830. The van der Waals surface area contributed by atoms with Crippen molar-refractivity contribution in [1.29, 1.82) is 0 Å². The van der Waals surface area contributed by atoms with Crippen molar-refractivity contribution < 1.29 is 0 Å². The van der Waals surface area contributed by atoms with E-state index in [-0.39, 0.29) is 0 Å². The molecule has 0 saturated carbocycles. The third-order valence-corrected chi connectivity index (χ3v) is 3.21. The molecule has 0 aliphatic carbocycles. The lowest BCUT2D eigenvalue weighted by Crippen LogP contribution is -2.34. The van der Waals surface area contributed by atoms with Gasteiger partial charge in [0.05, 0.1) is 5.69 Å². The minimum Gasteiger partial charge on any atom is -0.314 e. The molecule has 84 valence electrons. The van der Waals surface area contributed by atoms with Gasteiger partial charge in [-0.25, -0.2) is 0 Å². The van der Waals surface area contributed by atoms with E-state index in [1.54, 1.807) is 0 Å². The minimum atomic E-state index is 0.711. The lowest BCUT2D eigenvalue weighted by molar-refractivity contribution is 0.359. The quantitative estimate of drug-likeness (QED) is 0.822. The van der Waals surface area contributed by atoms with Crippen LogP contribution in [0.2, 0.25) is 0 Å². The normalized spacial score (nSPS) is 21.9. The molecule has 0 aromatic carbocycles. The van der Waals surface area contributed by atoms with Crippen LogP contribution in [0.4, 0.5) is 0 Å². The van der Waals surface area contributed by atoms with Crippen molar-refractivity contribution in [2.45, 2.75) is 52.1 Å². The smallest absolute Gasteiger partial charge is 0.0596 e. The van der Waals surface area contributed by atoms with Gasteiger partial charge in [-0.15, -0.1) is 0 Å². The van der Waals surface area contributed by atoms with Crippen LogP contribution in [0.25, 0.3) is 0 Å². The van der Waals surface area contributed by atoms with Crippen molar-refractivity contribution in [2.75, 3.05) is 6.54 Å². The highest BCUT2D eigenvalue weighted by Gasteiger charge is 2.12. The van der Waals surface area contributed by atoms with Crippen LogP contribution in [0, 0.1) is 13.8 Å². The fourth-order valence-electron chi connectivity index (χ4n) is 2.35. The summed E-state index contributed by atoms with van der Waals surface area (Å²) in [5, 5.41) is 8.06. The number of nitrogens with one attached hydrogen (secondary N) is 1. The maximum absolute atomic E-state index is 4.48. The third kappa shape index (κ3) is 2.81. The maximum atomic E-state index is 4.48. The SMILES string of the molecule is Cc1cc(C)n(CC[C@@H]2CCCCN2)n1. The molecule has 1 N–H and O–H groups in total. The first-order valence-electron chi connectivity index (χ1n) is 6.00. The molecular formula is C12H21N3. The van der Waals surface area contributed by atoms with Crippen LogP contribution >= 0.6 is 0 Å². The predicted octanol–water partition coefficient (Wildman–Crippen LogP) is 2.03. The van der Waals surface area contributed by atoms with E-state index in [9.17, 15) is 0 Å². The summed E-state index contributed by atoms with van der Waals surface area (Å²) in [6.45, 7) is 6.44. The van der Waals surface area contributed by atoms with Crippen molar-refractivity contribution in [2.24, 2.45) is 0 Å². The monoisotopic (exact) mass is 207 g/mol. The first kappa shape index (κ1) is 10.7. The molecular weight excluding hydrogens is 186 g/mol. The molecule has 0 spiro atoms. The minimum absolute atomic E-state index is 0.711. The zero-order valence-corrected chi connectivity index (χ0v) is 9.79. The maximum Gasteiger partial charge on any atom is 0.0596 e. The average Bonchev–Trinajstić information content (AvgIpc) is 2.56. The Labute approximate surface area is 91.9 Å². The Kier molecular flexibility index (Phi) is 3.41. The Bertz CT molecular complexity index is 311. The molecule has 2 heterocycles. The second kappa shape index (κ2) is 4.79. The fraction of sp³-hybridized carbons (Fsp3) is 0.750. The van der Waals surface area contributed by atoms with E-state index in [1.165, 1.54) is 37.9 Å². The van der Waals surface area contributed by atoms with Gasteiger partial charge in [0, 0.05) is 18.3 Å². The van der Waals surface area contributed by atoms with Crippen LogP contribution in [-0.2, 0) is 6.54 Å². The molecule has 0 radical (unpaired) electrons. The lowest BCUT2D eigenvalue weighted by atomic mass is 10.0. The second-order valence-electron chi connectivity index (χ2n) is 4.59. The molecule has 3 heteroatoms. The molecule has 1 aliphatic rings. The van der Waals surface area contributed by atoms with Crippen LogP contribution < -0.4 is 5.32 Å². The molecule has 2 rings (SSSR count). The van der Waals surface area contributed by atoms with E-state index in [4.69, 9.17) is 0 Å². The van der Waals surface area contributed by atoms with Gasteiger partial charge in [0.1, 0.15) is 0 Å². The average molecular weight is 207 g/mol. The van der Waals surface area contributed by atoms with E-state index < -0.39 is 0 Å². The number of piperidine rings is 1. The third-order valence-electron chi connectivity index (χ3n) is 3.21. The fourth-order valence-corrected chi connectivity index (χ4v) is 2.35. The van der Waals surface area contributed by atoms with Crippen LogP contribution in [0.1, 0.15) is 37.1 Å². The number of hydrogen-bond donors (Lipinski definition) is 1. The summed E-state index contributed by atoms with van der Waals surface area (Å²) in [5.41, 5.74) is 2.41. The van der Waals surface area contributed by atoms with Crippen molar-refractivity contribution >= 4 is 0 Å². The molecule has 0 amide bonds. The molecule has 1 atom stereocenters. The van der Waals surface area contributed by atoms with Gasteiger partial charge in [0.15, 0.2) is 0 Å². The molecule has 15 heavy (non-hydrogen) atoms. The molecule has 0 unspecified atom stereocenters. The Morgan fingerprint density at radius 2 is 2.33 bits per heavy atom. The number of aryl methyl sites for hydroxylation is 3. The summed E-state index contributed by atoms with van der Waals surface area (Å²) < 4.78 is 2.13. The molecule has 1 aliphatic heterocycles. The van der Waals surface area contributed by atoms with Gasteiger partial charge in [-0.1, -0.05) is 6.42 Å². The highest BCUT2D eigenvalue weighted by Crippen LogP contribution is 2.11. The van der Waals surface area contributed by atoms with Gasteiger partial charge in [-0.05, 0) is 45.7 Å². The van der Waals surface area contributed by atoms with E-state index >= 15 is 0 Å².